The van der Waals surface area contributed by atoms with Gasteiger partial charge in [0.05, 0.1) is 38.5 Å². The molecule has 1 aliphatic rings. The Bertz CT molecular complexity index is 570. The van der Waals surface area contributed by atoms with E-state index in [0.29, 0.717) is 0 Å². The molecular weight excluding hydrogens is 300 g/mol. The number of morpholine rings is 1. The zero-order valence-electron chi connectivity index (χ0n) is 12.1. The van der Waals surface area contributed by atoms with Gasteiger partial charge in [0, 0.05) is 6.54 Å². The first-order valence-corrected chi connectivity index (χ1v) is 6.49. The Hall–Kier alpha value is -2.22. The van der Waals surface area contributed by atoms with Gasteiger partial charge in [0.15, 0.2) is 0 Å². The van der Waals surface area contributed by atoms with Crippen LogP contribution in [0.3, 0.4) is 0 Å². The lowest BCUT2D eigenvalue weighted by atomic mass is 10.0. The highest BCUT2D eigenvalue weighted by Crippen LogP contribution is 2.28. The van der Waals surface area contributed by atoms with Crippen LogP contribution in [0.15, 0.2) is 12.1 Å². The van der Waals surface area contributed by atoms with Crippen molar-refractivity contribution in [3.8, 4) is 0 Å². The van der Waals surface area contributed by atoms with Crippen LogP contribution < -0.4 is 0 Å². The summed E-state index contributed by atoms with van der Waals surface area (Å²) in [6.07, 6.45) is -1.57. The van der Waals surface area contributed by atoms with Gasteiger partial charge in [0.1, 0.15) is 17.7 Å². The molecule has 1 unspecified atom stereocenters. The highest BCUT2D eigenvalue weighted by atomic mass is 19.1. The van der Waals surface area contributed by atoms with E-state index < -0.39 is 29.8 Å². The summed E-state index contributed by atoms with van der Waals surface area (Å²) in [5.74, 6) is -2.71. The smallest absolute Gasteiger partial charge is 0.409 e. The molecule has 0 radical (unpaired) electrons. The highest BCUT2D eigenvalue weighted by Gasteiger charge is 2.30. The molecule has 0 aliphatic carbocycles. The third-order valence-corrected chi connectivity index (χ3v) is 3.32. The Morgan fingerprint density at radius 2 is 1.86 bits per heavy atom. The van der Waals surface area contributed by atoms with E-state index in [1.165, 1.54) is 12.0 Å². The number of hydrogen-bond acceptors (Lipinski definition) is 5. The number of carbonyl (C=O) groups is 2. The lowest BCUT2D eigenvalue weighted by molar-refractivity contribution is -0.0289. The summed E-state index contributed by atoms with van der Waals surface area (Å²) in [5, 5.41) is 0. The molecule has 0 bridgehead atoms. The van der Waals surface area contributed by atoms with E-state index in [-0.39, 0.29) is 30.8 Å². The Kier molecular flexibility index (Phi) is 4.92. The van der Waals surface area contributed by atoms with Crippen molar-refractivity contribution in [3.05, 3.63) is 34.9 Å². The summed E-state index contributed by atoms with van der Waals surface area (Å²) in [6.45, 7) is 0.349. The van der Waals surface area contributed by atoms with E-state index >= 15 is 0 Å². The van der Waals surface area contributed by atoms with Gasteiger partial charge in [-0.2, -0.15) is 0 Å². The maximum atomic E-state index is 14.1. The average molecular weight is 315 g/mol. The van der Waals surface area contributed by atoms with E-state index in [1.807, 2.05) is 0 Å². The first-order valence-electron chi connectivity index (χ1n) is 6.49. The van der Waals surface area contributed by atoms with Crippen LogP contribution in [0, 0.1) is 11.6 Å². The number of carbonyl (C=O) groups excluding carboxylic acids is 2. The SMILES string of the molecule is COC(=O)c1cc(F)c(C2CN(C(=O)OC)CCO2)c(F)c1. The number of ether oxygens (including phenoxy) is 3. The molecule has 8 heteroatoms. The molecule has 1 amide bonds. The molecule has 1 heterocycles. The number of nitrogens with zero attached hydrogens (tertiary/aromatic N) is 1. The average Bonchev–Trinajstić information content (AvgIpc) is 2.52. The van der Waals surface area contributed by atoms with Crippen molar-refractivity contribution in [2.24, 2.45) is 0 Å². The molecule has 120 valence electrons. The summed E-state index contributed by atoms with van der Waals surface area (Å²) < 4.78 is 42.6. The Morgan fingerprint density at radius 1 is 1.23 bits per heavy atom. The fraction of sp³-hybridized carbons (Fsp3) is 0.429. The number of amides is 1. The van der Waals surface area contributed by atoms with E-state index in [4.69, 9.17) is 4.74 Å². The molecule has 1 aliphatic heterocycles. The maximum Gasteiger partial charge on any atom is 0.409 e. The number of rotatable bonds is 2. The van der Waals surface area contributed by atoms with Gasteiger partial charge in [-0.05, 0) is 12.1 Å². The summed E-state index contributed by atoms with van der Waals surface area (Å²) in [5.41, 5.74) is -0.567. The molecule has 0 saturated carbocycles. The molecule has 0 aromatic heterocycles. The normalized spacial score (nSPS) is 18.0. The summed E-state index contributed by atoms with van der Waals surface area (Å²) >= 11 is 0. The fourth-order valence-electron chi connectivity index (χ4n) is 2.25. The van der Waals surface area contributed by atoms with Crippen LogP contribution >= 0.6 is 0 Å². The quantitative estimate of drug-likeness (QED) is 0.780. The minimum Gasteiger partial charge on any atom is -0.465 e. The minimum atomic E-state index is -0.973. The lowest BCUT2D eigenvalue weighted by Crippen LogP contribution is -2.42. The molecular formula is C14H15F2NO5. The van der Waals surface area contributed by atoms with Crippen molar-refractivity contribution in [1.82, 2.24) is 4.90 Å². The predicted molar refractivity (Wildman–Crippen MR) is 70.4 cm³/mol. The summed E-state index contributed by atoms with van der Waals surface area (Å²) in [6, 6.07) is 1.76. The molecule has 1 aromatic carbocycles. The maximum absolute atomic E-state index is 14.1. The molecule has 6 nitrogen and oxygen atoms in total. The van der Waals surface area contributed by atoms with Crippen LogP contribution in [0.4, 0.5) is 13.6 Å². The number of methoxy groups -OCH3 is 2. The highest BCUT2D eigenvalue weighted by molar-refractivity contribution is 5.89. The van der Waals surface area contributed by atoms with E-state index in [9.17, 15) is 18.4 Å². The van der Waals surface area contributed by atoms with Crippen LogP contribution in [0.25, 0.3) is 0 Å². The molecule has 2 rings (SSSR count). The van der Waals surface area contributed by atoms with Gasteiger partial charge in [-0.15, -0.1) is 0 Å². The molecule has 1 atom stereocenters. The van der Waals surface area contributed by atoms with Gasteiger partial charge in [-0.1, -0.05) is 0 Å². The summed E-state index contributed by atoms with van der Waals surface area (Å²) in [4.78, 5) is 24.1. The van der Waals surface area contributed by atoms with Gasteiger partial charge >= 0.3 is 12.1 Å². The van der Waals surface area contributed by atoms with E-state index in [0.717, 1.165) is 19.2 Å². The molecule has 1 fully saturated rings. The Balaban J connectivity index is 2.28. The molecule has 22 heavy (non-hydrogen) atoms. The van der Waals surface area contributed by atoms with E-state index in [1.54, 1.807) is 0 Å². The predicted octanol–water partition coefficient (Wildman–Crippen LogP) is 1.89. The Morgan fingerprint density at radius 3 is 2.41 bits per heavy atom. The third-order valence-electron chi connectivity index (χ3n) is 3.32. The van der Waals surface area contributed by atoms with Crippen molar-refractivity contribution in [2.45, 2.75) is 6.10 Å². The molecule has 1 saturated heterocycles. The number of benzene rings is 1. The zero-order chi connectivity index (χ0) is 16.3. The number of halogens is 2. The van der Waals surface area contributed by atoms with Crippen molar-refractivity contribution in [1.29, 1.82) is 0 Å². The second-order valence-corrected chi connectivity index (χ2v) is 4.62. The van der Waals surface area contributed by atoms with Crippen molar-refractivity contribution >= 4 is 12.1 Å². The second kappa shape index (κ2) is 6.69. The number of esters is 1. The fourth-order valence-corrected chi connectivity index (χ4v) is 2.25. The number of hydrogen-bond donors (Lipinski definition) is 0. The van der Waals surface area contributed by atoms with Crippen LogP contribution in [0.2, 0.25) is 0 Å². The second-order valence-electron chi connectivity index (χ2n) is 4.62. The first kappa shape index (κ1) is 16.2. The standard InChI is InChI=1S/C14H15F2NO5/c1-20-13(18)8-5-9(15)12(10(16)6-8)11-7-17(3-4-22-11)14(19)21-2/h5-6,11H,3-4,7H2,1-2H3. The van der Waals surface area contributed by atoms with Gasteiger partial charge < -0.3 is 19.1 Å². The van der Waals surface area contributed by atoms with Gasteiger partial charge in [0.2, 0.25) is 0 Å². The summed E-state index contributed by atoms with van der Waals surface area (Å²) in [7, 11) is 2.34. The van der Waals surface area contributed by atoms with Crippen LogP contribution in [-0.4, -0.2) is 50.9 Å². The van der Waals surface area contributed by atoms with Crippen molar-refractivity contribution in [2.75, 3.05) is 33.9 Å². The molecule has 1 aromatic rings. The molecule has 0 spiro atoms. The topological polar surface area (TPSA) is 65.1 Å². The molecule has 0 N–H and O–H groups in total. The van der Waals surface area contributed by atoms with Gasteiger partial charge in [-0.3, -0.25) is 0 Å². The first-order chi connectivity index (χ1) is 10.5. The largest absolute Gasteiger partial charge is 0.465 e. The van der Waals surface area contributed by atoms with Crippen molar-refractivity contribution < 1.29 is 32.6 Å². The Labute approximate surface area is 125 Å². The van der Waals surface area contributed by atoms with E-state index in [2.05, 4.69) is 9.47 Å². The van der Waals surface area contributed by atoms with Crippen molar-refractivity contribution in [3.63, 3.8) is 0 Å². The van der Waals surface area contributed by atoms with Crippen LogP contribution in [0.5, 0.6) is 0 Å². The minimum absolute atomic E-state index is 0.0436. The zero-order valence-corrected chi connectivity index (χ0v) is 12.1. The monoisotopic (exact) mass is 315 g/mol. The van der Waals surface area contributed by atoms with Gasteiger partial charge in [-0.25, -0.2) is 18.4 Å². The van der Waals surface area contributed by atoms with Gasteiger partial charge in [0.25, 0.3) is 0 Å². The third kappa shape index (κ3) is 3.16. The van der Waals surface area contributed by atoms with Crippen LogP contribution in [0.1, 0.15) is 22.0 Å². The lowest BCUT2D eigenvalue weighted by Gasteiger charge is -2.32. The van der Waals surface area contributed by atoms with Crippen LogP contribution in [-0.2, 0) is 14.2 Å².